The van der Waals surface area contributed by atoms with Crippen LogP contribution in [-0.4, -0.2) is 65.6 Å². The number of nitrogens with one attached hydrogen (secondary N) is 1. The van der Waals surface area contributed by atoms with Crippen molar-refractivity contribution in [3.8, 4) is 0 Å². The number of pyridine rings is 1. The summed E-state index contributed by atoms with van der Waals surface area (Å²) in [5.74, 6) is 0.180. The van der Waals surface area contributed by atoms with Gasteiger partial charge in [-0.05, 0) is 31.4 Å². The molecule has 0 radical (unpaired) electrons. The first kappa shape index (κ1) is 17.7. The molecule has 0 spiro atoms. The van der Waals surface area contributed by atoms with E-state index in [0.717, 1.165) is 38.1 Å². The average Bonchev–Trinajstić information content (AvgIpc) is 3.27. The standard InChI is InChI=1S/C18H26N4O3/c23-17-7-3-10-21(17)11-9-20-18(24)22(14-16-6-4-12-25-16)13-15-5-1-2-8-19-15/h1-2,5,8,16H,3-4,6-7,9-14H2,(H,20,24)/t16-/m0/s1. The van der Waals surface area contributed by atoms with Crippen LogP contribution in [0.1, 0.15) is 31.4 Å². The number of hydrogen-bond acceptors (Lipinski definition) is 4. The molecule has 0 aromatic carbocycles. The van der Waals surface area contributed by atoms with Gasteiger partial charge in [-0.2, -0.15) is 0 Å². The van der Waals surface area contributed by atoms with Crippen molar-refractivity contribution >= 4 is 11.9 Å². The van der Waals surface area contributed by atoms with Crippen molar-refractivity contribution in [2.24, 2.45) is 0 Å². The SMILES string of the molecule is O=C1CCCN1CCNC(=O)N(Cc1ccccn1)C[C@@H]1CCCO1. The Morgan fingerprint density at radius 1 is 1.40 bits per heavy atom. The van der Waals surface area contributed by atoms with Crippen molar-refractivity contribution in [2.75, 3.05) is 32.8 Å². The molecule has 25 heavy (non-hydrogen) atoms. The highest BCUT2D eigenvalue weighted by molar-refractivity contribution is 5.78. The fourth-order valence-corrected chi connectivity index (χ4v) is 3.29. The number of rotatable bonds is 7. The molecule has 136 valence electrons. The van der Waals surface area contributed by atoms with E-state index in [4.69, 9.17) is 4.74 Å². The molecule has 0 saturated carbocycles. The Hall–Kier alpha value is -2.15. The lowest BCUT2D eigenvalue weighted by Gasteiger charge is -2.26. The van der Waals surface area contributed by atoms with Crippen LogP contribution in [0.3, 0.4) is 0 Å². The summed E-state index contributed by atoms with van der Waals surface area (Å²) in [6, 6.07) is 5.57. The van der Waals surface area contributed by atoms with Crippen LogP contribution in [0, 0.1) is 0 Å². The number of hydrogen-bond donors (Lipinski definition) is 1. The highest BCUT2D eigenvalue weighted by Crippen LogP contribution is 2.15. The fourth-order valence-electron chi connectivity index (χ4n) is 3.29. The molecule has 7 heteroatoms. The minimum atomic E-state index is -0.132. The number of aromatic nitrogens is 1. The van der Waals surface area contributed by atoms with E-state index in [2.05, 4.69) is 10.3 Å². The summed E-state index contributed by atoms with van der Waals surface area (Å²) in [7, 11) is 0. The lowest BCUT2D eigenvalue weighted by atomic mass is 10.2. The number of carbonyl (C=O) groups excluding carboxylic acids is 2. The Labute approximate surface area is 148 Å². The molecule has 3 heterocycles. The Kier molecular flexibility index (Phi) is 6.22. The summed E-state index contributed by atoms with van der Waals surface area (Å²) in [6.07, 6.45) is 5.39. The van der Waals surface area contributed by atoms with Gasteiger partial charge in [-0.1, -0.05) is 6.07 Å². The number of amides is 3. The highest BCUT2D eigenvalue weighted by Gasteiger charge is 2.24. The smallest absolute Gasteiger partial charge is 0.317 e. The zero-order valence-corrected chi connectivity index (χ0v) is 14.5. The van der Waals surface area contributed by atoms with Gasteiger partial charge in [0, 0.05) is 45.4 Å². The number of urea groups is 1. The van der Waals surface area contributed by atoms with E-state index >= 15 is 0 Å². The second-order valence-corrected chi connectivity index (χ2v) is 6.55. The van der Waals surface area contributed by atoms with Crippen molar-refractivity contribution < 1.29 is 14.3 Å². The molecule has 0 aliphatic carbocycles. The minimum absolute atomic E-state index is 0.0922. The van der Waals surface area contributed by atoms with Crippen molar-refractivity contribution in [1.29, 1.82) is 0 Å². The molecule has 1 N–H and O–H groups in total. The number of likely N-dealkylation sites (tertiary alicyclic amines) is 1. The molecule has 1 aromatic rings. The average molecular weight is 346 g/mol. The van der Waals surface area contributed by atoms with Crippen molar-refractivity contribution in [3.05, 3.63) is 30.1 Å². The van der Waals surface area contributed by atoms with E-state index in [-0.39, 0.29) is 18.0 Å². The third kappa shape index (κ3) is 5.16. The maximum atomic E-state index is 12.6. The summed E-state index contributed by atoms with van der Waals surface area (Å²) in [5, 5.41) is 2.93. The van der Waals surface area contributed by atoms with Gasteiger partial charge < -0.3 is 19.9 Å². The Morgan fingerprint density at radius 3 is 3.00 bits per heavy atom. The third-order valence-corrected chi connectivity index (χ3v) is 4.64. The molecule has 1 atom stereocenters. The van der Waals surface area contributed by atoms with Gasteiger partial charge in [0.15, 0.2) is 0 Å². The summed E-state index contributed by atoms with van der Waals surface area (Å²) in [6.45, 7) is 3.61. The van der Waals surface area contributed by atoms with Gasteiger partial charge in [-0.3, -0.25) is 9.78 Å². The zero-order chi connectivity index (χ0) is 17.5. The van der Waals surface area contributed by atoms with E-state index in [9.17, 15) is 9.59 Å². The molecule has 3 amide bonds. The predicted octanol–water partition coefficient (Wildman–Crippen LogP) is 1.39. The van der Waals surface area contributed by atoms with E-state index in [1.54, 1.807) is 11.1 Å². The molecular formula is C18H26N4O3. The summed E-state index contributed by atoms with van der Waals surface area (Å²) < 4.78 is 5.68. The van der Waals surface area contributed by atoms with Gasteiger partial charge in [-0.25, -0.2) is 4.79 Å². The molecule has 2 aliphatic rings. The van der Waals surface area contributed by atoms with E-state index in [1.807, 2.05) is 23.1 Å². The predicted molar refractivity (Wildman–Crippen MR) is 92.8 cm³/mol. The third-order valence-electron chi connectivity index (χ3n) is 4.64. The first-order valence-electron chi connectivity index (χ1n) is 9.04. The topological polar surface area (TPSA) is 74.8 Å². The lowest BCUT2D eigenvalue weighted by molar-refractivity contribution is -0.127. The van der Waals surface area contributed by atoms with Crippen LogP contribution in [0.5, 0.6) is 0 Å². The quantitative estimate of drug-likeness (QED) is 0.810. The summed E-state index contributed by atoms with van der Waals surface area (Å²) >= 11 is 0. The van der Waals surface area contributed by atoms with Crippen LogP contribution >= 0.6 is 0 Å². The molecule has 2 saturated heterocycles. The maximum absolute atomic E-state index is 12.6. The minimum Gasteiger partial charge on any atom is -0.376 e. The van der Waals surface area contributed by atoms with Gasteiger partial charge in [0.25, 0.3) is 0 Å². The largest absolute Gasteiger partial charge is 0.376 e. The second kappa shape index (κ2) is 8.80. The molecule has 0 bridgehead atoms. The zero-order valence-electron chi connectivity index (χ0n) is 14.5. The lowest BCUT2D eigenvalue weighted by Crippen LogP contribution is -2.45. The number of carbonyl (C=O) groups is 2. The van der Waals surface area contributed by atoms with E-state index < -0.39 is 0 Å². The monoisotopic (exact) mass is 346 g/mol. The molecular weight excluding hydrogens is 320 g/mol. The van der Waals surface area contributed by atoms with Crippen molar-refractivity contribution in [3.63, 3.8) is 0 Å². The molecule has 3 rings (SSSR count). The Balaban J connectivity index is 1.53. The second-order valence-electron chi connectivity index (χ2n) is 6.55. The van der Waals surface area contributed by atoms with Crippen LogP contribution in [-0.2, 0) is 16.1 Å². The Bertz CT molecular complexity index is 575. The van der Waals surface area contributed by atoms with Gasteiger partial charge in [0.1, 0.15) is 0 Å². The van der Waals surface area contributed by atoms with Gasteiger partial charge in [0.2, 0.25) is 5.91 Å². The van der Waals surface area contributed by atoms with Gasteiger partial charge >= 0.3 is 6.03 Å². The molecule has 2 aliphatic heterocycles. The number of nitrogens with zero attached hydrogens (tertiary/aromatic N) is 3. The van der Waals surface area contributed by atoms with Crippen molar-refractivity contribution in [2.45, 2.75) is 38.3 Å². The van der Waals surface area contributed by atoms with Crippen LogP contribution < -0.4 is 5.32 Å². The number of ether oxygens (including phenoxy) is 1. The van der Waals surface area contributed by atoms with Gasteiger partial charge in [-0.15, -0.1) is 0 Å². The van der Waals surface area contributed by atoms with E-state index in [1.165, 1.54) is 0 Å². The normalized spacial score (nSPS) is 20.1. The summed E-state index contributed by atoms with van der Waals surface area (Å²) in [4.78, 5) is 32.1. The van der Waals surface area contributed by atoms with Crippen LogP contribution in [0.15, 0.2) is 24.4 Å². The van der Waals surface area contributed by atoms with Crippen LogP contribution in [0.25, 0.3) is 0 Å². The first-order chi connectivity index (χ1) is 12.2. The Morgan fingerprint density at radius 2 is 2.32 bits per heavy atom. The molecule has 2 fully saturated rings. The molecule has 1 aromatic heterocycles. The summed E-state index contributed by atoms with van der Waals surface area (Å²) in [5.41, 5.74) is 0.852. The molecule has 0 unspecified atom stereocenters. The fraction of sp³-hybridized carbons (Fsp3) is 0.611. The highest BCUT2D eigenvalue weighted by atomic mass is 16.5. The van der Waals surface area contributed by atoms with Crippen molar-refractivity contribution in [1.82, 2.24) is 20.1 Å². The maximum Gasteiger partial charge on any atom is 0.317 e. The first-order valence-corrected chi connectivity index (χ1v) is 9.04. The van der Waals surface area contributed by atoms with Crippen LogP contribution in [0.4, 0.5) is 4.79 Å². The van der Waals surface area contributed by atoms with Crippen LogP contribution in [0.2, 0.25) is 0 Å². The van der Waals surface area contributed by atoms with Gasteiger partial charge in [0.05, 0.1) is 18.3 Å². The molecule has 7 nitrogen and oxygen atoms in total. The van der Waals surface area contributed by atoms with E-state index in [0.29, 0.717) is 32.6 Å².